The maximum Gasteiger partial charge on any atom is 0.343 e. The highest BCUT2D eigenvalue weighted by molar-refractivity contribution is 5.92. The number of rotatable bonds is 22. The van der Waals surface area contributed by atoms with E-state index in [-0.39, 0.29) is 11.9 Å². The van der Waals surface area contributed by atoms with E-state index >= 15 is 0 Å². The van der Waals surface area contributed by atoms with Gasteiger partial charge in [0.2, 0.25) is 0 Å². The third-order valence-electron chi connectivity index (χ3n) is 8.58. The summed E-state index contributed by atoms with van der Waals surface area (Å²) in [5, 5.41) is 0. The van der Waals surface area contributed by atoms with Crippen LogP contribution in [0.25, 0.3) is 0 Å². The summed E-state index contributed by atoms with van der Waals surface area (Å²) in [6.07, 6.45) is 9.39. The fourth-order valence-electron chi connectivity index (χ4n) is 5.45. The molecule has 286 valence electrons. The highest BCUT2D eigenvalue weighted by atomic mass is 16.6. The lowest BCUT2D eigenvalue weighted by Crippen LogP contribution is -2.28. The number of benzene rings is 3. The molecule has 3 aromatic carbocycles. The van der Waals surface area contributed by atoms with E-state index in [9.17, 15) is 19.2 Å². The molecule has 0 radical (unpaired) electrons. The van der Waals surface area contributed by atoms with Crippen molar-refractivity contribution in [2.24, 2.45) is 0 Å². The van der Waals surface area contributed by atoms with Crippen LogP contribution in [0, 0.1) is 6.92 Å². The Balaban J connectivity index is 1.23. The fourth-order valence-corrected chi connectivity index (χ4v) is 5.45. The molecule has 0 aliphatic rings. The van der Waals surface area contributed by atoms with Crippen molar-refractivity contribution in [3.8, 4) is 17.2 Å². The zero-order valence-corrected chi connectivity index (χ0v) is 32.3. The fraction of sp³-hybridized carbons (Fsp3) is 0.455. The summed E-state index contributed by atoms with van der Waals surface area (Å²) in [7, 11) is 0. The number of carbonyl (C=O) groups excluding carboxylic acids is 4. The molecule has 0 amide bonds. The van der Waals surface area contributed by atoms with Crippen LogP contribution >= 0.6 is 0 Å². The molecule has 0 saturated heterocycles. The van der Waals surface area contributed by atoms with Gasteiger partial charge in [-0.2, -0.15) is 0 Å². The summed E-state index contributed by atoms with van der Waals surface area (Å²) in [5.74, 6) is -0.152. The number of carbonyl (C=O) groups is 4. The minimum atomic E-state index is -0.556. The maximum absolute atomic E-state index is 12.6. The first kappa shape index (κ1) is 42.5. The average Bonchev–Trinajstić information content (AvgIpc) is 3.10. The molecule has 3 aromatic rings. The van der Waals surface area contributed by atoms with Crippen molar-refractivity contribution in [2.45, 2.75) is 123 Å². The number of ether oxygens (including phenoxy) is 5. The van der Waals surface area contributed by atoms with Gasteiger partial charge in [-0.15, -0.1) is 0 Å². The van der Waals surface area contributed by atoms with E-state index < -0.39 is 23.1 Å². The summed E-state index contributed by atoms with van der Waals surface area (Å²) < 4.78 is 28.0. The van der Waals surface area contributed by atoms with Crippen LogP contribution < -0.4 is 14.2 Å². The zero-order valence-electron chi connectivity index (χ0n) is 32.3. The van der Waals surface area contributed by atoms with Gasteiger partial charge in [0.15, 0.2) is 0 Å². The summed E-state index contributed by atoms with van der Waals surface area (Å²) in [6, 6.07) is 20.2. The van der Waals surface area contributed by atoms with Gasteiger partial charge in [0, 0.05) is 12.0 Å². The second-order valence-corrected chi connectivity index (χ2v) is 14.7. The van der Waals surface area contributed by atoms with Crippen LogP contribution in [-0.2, 0) is 19.1 Å². The van der Waals surface area contributed by atoms with E-state index in [2.05, 4.69) is 6.58 Å². The van der Waals surface area contributed by atoms with Gasteiger partial charge in [0.25, 0.3) is 0 Å². The Morgan fingerprint density at radius 3 is 1.53 bits per heavy atom. The molecule has 0 N–H and O–H groups in total. The van der Waals surface area contributed by atoms with Crippen LogP contribution in [0.5, 0.6) is 17.2 Å². The minimum absolute atomic E-state index is 0.171. The maximum atomic E-state index is 12.6. The van der Waals surface area contributed by atoms with Crippen LogP contribution in [0.15, 0.2) is 84.9 Å². The van der Waals surface area contributed by atoms with Gasteiger partial charge >= 0.3 is 23.9 Å². The van der Waals surface area contributed by atoms with Crippen molar-refractivity contribution in [1.29, 1.82) is 0 Å². The lowest BCUT2D eigenvalue weighted by Gasteiger charge is -2.26. The third kappa shape index (κ3) is 16.5. The van der Waals surface area contributed by atoms with Crippen molar-refractivity contribution in [3.63, 3.8) is 0 Å². The molecule has 53 heavy (non-hydrogen) atoms. The summed E-state index contributed by atoms with van der Waals surface area (Å²) in [6.45, 7) is 15.5. The molecule has 0 spiro atoms. The summed E-state index contributed by atoms with van der Waals surface area (Å²) >= 11 is 0. The predicted molar refractivity (Wildman–Crippen MR) is 205 cm³/mol. The molecular formula is C44H56O9. The van der Waals surface area contributed by atoms with Gasteiger partial charge in [0.05, 0.1) is 17.7 Å². The van der Waals surface area contributed by atoms with Gasteiger partial charge in [-0.25, -0.2) is 14.4 Å². The van der Waals surface area contributed by atoms with Gasteiger partial charge in [-0.05, 0) is 141 Å². The minimum Gasteiger partial charge on any atom is -0.494 e. The van der Waals surface area contributed by atoms with Crippen molar-refractivity contribution in [1.82, 2.24) is 0 Å². The number of aryl methyl sites for hydroxylation is 1. The first-order valence-electron chi connectivity index (χ1n) is 18.6. The molecule has 0 unspecified atom stereocenters. The summed E-state index contributed by atoms with van der Waals surface area (Å²) in [4.78, 5) is 49.2. The standard InChI is InChI=1S/C44H56O9/c1-32(2)40(46)53-44(6,7)30-14-11-12-16-39(45)52-43(4,5)29-13-9-8-10-15-31-49-36-23-21-35(22-24-36)42(48)51-38-27-25-37(26-28-38)50-41(47)34-19-17-33(3)18-20-34/h17-28H,1,8-16,29-31H2,2-7H3. The first-order valence-corrected chi connectivity index (χ1v) is 18.6. The quantitative estimate of drug-likeness (QED) is 0.0431. The van der Waals surface area contributed by atoms with E-state index in [1.165, 1.54) is 0 Å². The Bertz CT molecular complexity index is 1640. The largest absolute Gasteiger partial charge is 0.494 e. The molecule has 3 rings (SSSR count). The molecule has 0 aliphatic heterocycles. The van der Waals surface area contributed by atoms with Crippen LogP contribution in [0.2, 0.25) is 0 Å². The number of esters is 4. The van der Waals surface area contributed by atoms with E-state index in [4.69, 9.17) is 23.7 Å². The van der Waals surface area contributed by atoms with Crippen molar-refractivity contribution >= 4 is 23.9 Å². The van der Waals surface area contributed by atoms with Gasteiger partial charge in [-0.1, -0.05) is 50.0 Å². The molecule has 0 fully saturated rings. The van der Waals surface area contributed by atoms with Gasteiger partial charge in [-0.3, -0.25) is 4.79 Å². The number of hydrogen-bond donors (Lipinski definition) is 0. The van der Waals surface area contributed by atoms with Crippen molar-refractivity contribution < 1.29 is 42.9 Å². The first-order chi connectivity index (χ1) is 25.1. The molecule has 0 bridgehead atoms. The van der Waals surface area contributed by atoms with Gasteiger partial charge < -0.3 is 23.7 Å². The zero-order chi connectivity index (χ0) is 38.9. The highest BCUT2D eigenvalue weighted by Crippen LogP contribution is 2.24. The second-order valence-electron chi connectivity index (χ2n) is 14.7. The number of hydrogen-bond acceptors (Lipinski definition) is 9. The highest BCUT2D eigenvalue weighted by Gasteiger charge is 2.24. The van der Waals surface area contributed by atoms with Crippen molar-refractivity contribution in [3.05, 3.63) is 102 Å². The Hall–Kier alpha value is -4.92. The monoisotopic (exact) mass is 728 g/mol. The molecule has 0 aliphatic carbocycles. The molecule has 9 heteroatoms. The van der Waals surface area contributed by atoms with Crippen LogP contribution in [0.1, 0.15) is 132 Å². The van der Waals surface area contributed by atoms with E-state index in [1.807, 2.05) is 46.8 Å². The van der Waals surface area contributed by atoms with Crippen LogP contribution in [0.4, 0.5) is 0 Å². The van der Waals surface area contributed by atoms with Crippen molar-refractivity contribution in [2.75, 3.05) is 6.61 Å². The average molecular weight is 729 g/mol. The Kier molecular flexibility index (Phi) is 16.8. The molecule has 0 heterocycles. The Morgan fingerprint density at radius 2 is 1.00 bits per heavy atom. The van der Waals surface area contributed by atoms with E-state index in [0.29, 0.717) is 47.0 Å². The van der Waals surface area contributed by atoms with Gasteiger partial charge in [0.1, 0.15) is 28.5 Å². The van der Waals surface area contributed by atoms with E-state index in [0.717, 1.165) is 69.8 Å². The molecule has 0 saturated carbocycles. The lowest BCUT2D eigenvalue weighted by molar-refractivity contribution is -0.157. The molecule has 0 atom stereocenters. The molecular weight excluding hydrogens is 672 g/mol. The normalized spacial score (nSPS) is 11.4. The predicted octanol–water partition coefficient (Wildman–Crippen LogP) is 10.3. The SMILES string of the molecule is C=C(C)C(=O)OC(C)(C)CCCCCC(=O)OC(C)(C)CCCCCCCOc1ccc(C(=O)Oc2ccc(OC(=O)c3ccc(C)cc3)cc2)cc1. The topological polar surface area (TPSA) is 114 Å². The number of unbranched alkanes of at least 4 members (excludes halogenated alkanes) is 6. The Morgan fingerprint density at radius 1 is 0.566 bits per heavy atom. The summed E-state index contributed by atoms with van der Waals surface area (Å²) in [5.41, 5.74) is 1.23. The molecule has 0 aromatic heterocycles. The third-order valence-corrected chi connectivity index (χ3v) is 8.58. The molecule has 9 nitrogen and oxygen atoms in total. The smallest absolute Gasteiger partial charge is 0.343 e. The van der Waals surface area contributed by atoms with E-state index in [1.54, 1.807) is 67.6 Å². The van der Waals surface area contributed by atoms with Crippen LogP contribution in [0.3, 0.4) is 0 Å². The lowest BCUT2D eigenvalue weighted by atomic mass is 9.99. The Labute approximate surface area is 315 Å². The second kappa shape index (κ2) is 20.9. The van der Waals surface area contributed by atoms with Crippen LogP contribution in [-0.4, -0.2) is 41.7 Å².